The van der Waals surface area contributed by atoms with E-state index in [0.29, 0.717) is 18.2 Å². The molecular weight excluding hydrogens is 266 g/mol. The Morgan fingerprint density at radius 1 is 1.26 bits per heavy atom. The maximum Gasteiger partial charge on any atom is 0.327 e. The molecule has 2 saturated heterocycles. The third-order valence-corrected chi connectivity index (χ3v) is 4.72. The summed E-state index contributed by atoms with van der Waals surface area (Å²) in [4.78, 5) is 29.2. The number of likely N-dealkylation sites (N-methyl/N-ethyl adjacent to an activating group) is 1. The molecule has 2 aliphatic heterocycles. The van der Waals surface area contributed by atoms with Crippen LogP contribution in [0.15, 0.2) is 0 Å². The van der Waals surface area contributed by atoms with Crippen molar-refractivity contribution in [3.8, 4) is 0 Å². The Balaban J connectivity index is 2.07. The molecule has 2 amide bonds. The van der Waals surface area contributed by atoms with Gasteiger partial charge in [-0.2, -0.15) is 0 Å². The van der Waals surface area contributed by atoms with Crippen molar-refractivity contribution >= 4 is 23.8 Å². The molecule has 2 aliphatic rings. The third kappa shape index (κ3) is 3.14. The van der Waals surface area contributed by atoms with Crippen molar-refractivity contribution in [2.75, 3.05) is 38.3 Å². The number of amides is 2. The Kier molecular flexibility index (Phi) is 4.57. The third-order valence-electron chi connectivity index (χ3n) is 3.71. The molecule has 0 aliphatic carbocycles. The summed E-state index contributed by atoms with van der Waals surface area (Å²) in [5.74, 6) is 0.0656. The van der Waals surface area contributed by atoms with Crippen LogP contribution in [0.3, 0.4) is 0 Å². The van der Waals surface area contributed by atoms with E-state index in [1.54, 1.807) is 0 Å². The first-order valence-corrected chi connectivity index (χ1v) is 7.72. The molecule has 1 unspecified atom stereocenters. The van der Waals surface area contributed by atoms with Crippen molar-refractivity contribution in [1.29, 1.82) is 0 Å². The van der Waals surface area contributed by atoms with Crippen LogP contribution < -0.4 is 0 Å². The second-order valence-corrected chi connectivity index (χ2v) is 6.26. The van der Waals surface area contributed by atoms with Crippen LogP contribution in [0.5, 0.6) is 0 Å². The topological polar surface area (TPSA) is 64.1 Å². The summed E-state index contributed by atoms with van der Waals surface area (Å²) in [6.45, 7) is 4.55. The molecule has 2 fully saturated rings. The largest absolute Gasteiger partial charge is 0.480 e. The Bertz CT molecular complexity index is 366. The molecule has 0 radical (unpaired) electrons. The lowest BCUT2D eigenvalue weighted by Crippen LogP contribution is -2.52. The molecule has 0 spiro atoms. The molecule has 2 rings (SSSR count). The van der Waals surface area contributed by atoms with E-state index in [9.17, 15) is 9.59 Å². The fourth-order valence-electron chi connectivity index (χ4n) is 2.66. The number of urea groups is 1. The minimum atomic E-state index is -0.905. The molecule has 2 heterocycles. The van der Waals surface area contributed by atoms with Gasteiger partial charge in [-0.1, -0.05) is 0 Å². The number of thioether (sulfide) groups is 1. The first kappa shape index (κ1) is 14.5. The predicted octanol–water partition coefficient (Wildman–Crippen LogP) is 0.592. The van der Waals surface area contributed by atoms with E-state index < -0.39 is 12.0 Å². The van der Waals surface area contributed by atoms with E-state index in [0.717, 1.165) is 19.5 Å². The van der Waals surface area contributed by atoms with E-state index in [1.807, 2.05) is 11.8 Å². The predicted molar refractivity (Wildman–Crippen MR) is 74.3 cm³/mol. The molecule has 0 bridgehead atoms. The van der Waals surface area contributed by atoms with E-state index >= 15 is 0 Å². The van der Waals surface area contributed by atoms with Crippen molar-refractivity contribution in [2.45, 2.75) is 25.4 Å². The lowest BCUT2D eigenvalue weighted by Gasteiger charge is -2.33. The summed E-state index contributed by atoms with van der Waals surface area (Å²) in [7, 11) is 2.05. The second kappa shape index (κ2) is 6.00. The molecule has 2 atom stereocenters. The Morgan fingerprint density at radius 3 is 2.68 bits per heavy atom. The van der Waals surface area contributed by atoms with Crippen molar-refractivity contribution in [3.05, 3.63) is 0 Å². The van der Waals surface area contributed by atoms with E-state index in [2.05, 4.69) is 11.9 Å². The van der Waals surface area contributed by atoms with Gasteiger partial charge in [0.05, 0.1) is 5.88 Å². The van der Waals surface area contributed by atoms with Crippen LogP contribution in [0.25, 0.3) is 0 Å². The lowest BCUT2D eigenvalue weighted by atomic mass is 10.2. The van der Waals surface area contributed by atoms with Crippen LogP contribution in [0.1, 0.15) is 13.3 Å². The molecule has 6 nitrogen and oxygen atoms in total. The van der Waals surface area contributed by atoms with Crippen LogP contribution in [0.2, 0.25) is 0 Å². The maximum absolute atomic E-state index is 12.5. The highest BCUT2D eigenvalue weighted by Gasteiger charge is 2.38. The van der Waals surface area contributed by atoms with E-state index in [-0.39, 0.29) is 12.1 Å². The van der Waals surface area contributed by atoms with Gasteiger partial charge in [-0.15, -0.1) is 11.8 Å². The van der Waals surface area contributed by atoms with Gasteiger partial charge in [-0.05, 0) is 26.9 Å². The molecule has 19 heavy (non-hydrogen) atoms. The van der Waals surface area contributed by atoms with E-state index in [4.69, 9.17) is 5.11 Å². The Hall–Kier alpha value is -0.950. The first-order valence-electron chi connectivity index (χ1n) is 6.57. The van der Waals surface area contributed by atoms with Crippen molar-refractivity contribution < 1.29 is 14.7 Å². The number of nitrogens with zero attached hydrogens (tertiary/aromatic N) is 3. The lowest BCUT2D eigenvalue weighted by molar-refractivity contribution is -0.141. The molecule has 108 valence electrons. The molecule has 0 aromatic rings. The monoisotopic (exact) mass is 287 g/mol. The number of rotatable bonds is 1. The average Bonchev–Trinajstić information content (AvgIpc) is 2.76. The normalized spacial score (nSPS) is 29.4. The summed E-state index contributed by atoms with van der Waals surface area (Å²) in [6.07, 6.45) is 0.936. The fourth-order valence-corrected chi connectivity index (χ4v) is 3.80. The SMILES string of the molecule is CC1CN(C)CCCN1C(=O)N1CSC[C@H]1C(=O)O. The van der Waals surface area contributed by atoms with Crippen LogP contribution in [0.4, 0.5) is 4.79 Å². The van der Waals surface area contributed by atoms with Gasteiger partial charge in [-0.3, -0.25) is 0 Å². The maximum atomic E-state index is 12.5. The smallest absolute Gasteiger partial charge is 0.327 e. The van der Waals surface area contributed by atoms with Crippen molar-refractivity contribution in [2.24, 2.45) is 0 Å². The summed E-state index contributed by atoms with van der Waals surface area (Å²) in [5, 5.41) is 9.16. The first-order chi connectivity index (χ1) is 9.00. The summed E-state index contributed by atoms with van der Waals surface area (Å²) < 4.78 is 0. The summed E-state index contributed by atoms with van der Waals surface area (Å²) >= 11 is 1.51. The average molecular weight is 287 g/mol. The van der Waals surface area contributed by atoms with Crippen LogP contribution in [-0.2, 0) is 4.79 Å². The number of carboxylic acid groups (broad SMARTS) is 1. The highest BCUT2D eigenvalue weighted by atomic mass is 32.2. The minimum absolute atomic E-state index is 0.125. The zero-order chi connectivity index (χ0) is 14.0. The van der Waals surface area contributed by atoms with Crippen LogP contribution in [0, 0.1) is 0 Å². The van der Waals surface area contributed by atoms with Crippen LogP contribution in [-0.4, -0.2) is 82.2 Å². The highest BCUT2D eigenvalue weighted by molar-refractivity contribution is 7.99. The number of carboxylic acids is 1. The Morgan fingerprint density at radius 2 is 2.00 bits per heavy atom. The van der Waals surface area contributed by atoms with Gasteiger partial charge in [0.1, 0.15) is 6.04 Å². The molecular formula is C12H21N3O3S. The minimum Gasteiger partial charge on any atom is -0.480 e. The van der Waals surface area contributed by atoms with Gasteiger partial charge in [0.25, 0.3) is 0 Å². The summed E-state index contributed by atoms with van der Waals surface area (Å²) in [5.41, 5.74) is 0. The number of hydrogen-bond acceptors (Lipinski definition) is 4. The van der Waals surface area contributed by atoms with Gasteiger partial charge in [0.2, 0.25) is 0 Å². The number of carbonyl (C=O) groups excluding carboxylic acids is 1. The van der Waals surface area contributed by atoms with Gasteiger partial charge >= 0.3 is 12.0 Å². The number of hydrogen-bond donors (Lipinski definition) is 1. The number of aliphatic carboxylic acids is 1. The standard InChI is InChI=1S/C12H21N3O3S/c1-9-6-13(2)4-3-5-14(9)12(18)15-8-19-7-10(15)11(16)17/h9-10H,3-8H2,1-2H3,(H,16,17)/t9?,10-/m0/s1. The molecule has 0 aromatic carbocycles. The van der Waals surface area contributed by atoms with Gasteiger partial charge in [0, 0.05) is 24.9 Å². The van der Waals surface area contributed by atoms with Gasteiger partial charge in [0.15, 0.2) is 0 Å². The van der Waals surface area contributed by atoms with Crippen molar-refractivity contribution in [3.63, 3.8) is 0 Å². The van der Waals surface area contributed by atoms with Gasteiger partial charge < -0.3 is 19.8 Å². The second-order valence-electron chi connectivity index (χ2n) is 5.26. The molecule has 0 saturated carbocycles. The van der Waals surface area contributed by atoms with E-state index in [1.165, 1.54) is 16.7 Å². The zero-order valence-electron chi connectivity index (χ0n) is 11.4. The zero-order valence-corrected chi connectivity index (χ0v) is 12.2. The highest BCUT2D eigenvalue weighted by Crippen LogP contribution is 2.24. The van der Waals surface area contributed by atoms with Crippen LogP contribution >= 0.6 is 11.8 Å². The number of carbonyl (C=O) groups is 2. The van der Waals surface area contributed by atoms with Gasteiger partial charge in [-0.25, -0.2) is 9.59 Å². The fraction of sp³-hybridized carbons (Fsp3) is 0.833. The summed E-state index contributed by atoms with van der Waals surface area (Å²) in [6, 6.07) is -0.675. The molecule has 0 aromatic heterocycles. The molecule has 1 N–H and O–H groups in total. The Labute approximate surface area is 117 Å². The quantitative estimate of drug-likeness (QED) is 0.765. The molecule has 7 heteroatoms. The van der Waals surface area contributed by atoms with Crippen molar-refractivity contribution in [1.82, 2.24) is 14.7 Å².